The molecular formula is C21H28N2O3. The van der Waals surface area contributed by atoms with Gasteiger partial charge in [0.1, 0.15) is 11.5 Å². The van der Waals surface area contributed by atoms with Gasteiger partial charge in [-0.2, -0.15) is 0 Å². The Labute approximate surface area is 155 Å². The number of ether oxygens (including phenoxy) is 1. The molecule has 1 aliphatic rings. The minimum Gasteiger partial charge on any atom is -0.481 e. The van der Waals surface area contributed by atoms with Crippen molar-refractivity contribution in [3.8, 4) is 5.75 Å². The lowest BCUT2D eigenvalue weighted by molar-refractivity contribution is -0.127. The molecule has 1 saturated heterocycles. The lowest BCUT2D eigenvalue weighted by Crippen LogP contribution is -2.43. The van der Waals surface area contributed by atoms with Gasteiger partial charge in [0.25, 0.3) is 5.91 Å². The first-order valence-electron chi connectivity index (χ1n) is 9.42. The number of piperidine rings is 1. The number of carbonyl (C=O) groups is 1. The molecule has 26 heavy (non-hydrogen) atoms. The molecule has 140 valence electrons. The summed E-state index contributed by atoms with van der Waals surface area (Å²) in [7, 11) is 0. The highest BCUT2D eigenvalue weighted by Gasteiger charge is 2.26. The van der Waals surface area contributed by atoms with E-state index in [1.54, 1.807) is 13.2 Å². The molecule has 1 aliphatic heterocycles. The summed E-state index contributed by atoms with van der Waals surface area (Å²) in [6.07, 6.45) is 4.80. The summed E-state index contributed by atoms with van der Waals surface area (Å²) in [6.45, 7) is 6.38. The van der Waals surface area contributed by atoms with Crippen molar-refractivity contribution < 1.29 is 13.9 Å². The van der Waals surface area contributed by atoms with Crippen LogP contribution in [0.3, 0.4) is 0 Å². The lowest BCUT2D eigenvalue weighted by atomic mass is 10.1. The van der Waals surface area contributed by atoms with E-state index in [0.717, 1.165) is 24.4 Å². The number of benzene rings is 1. The quantitative estimate of drug-likeness (QED) is 0.822. The molecule has 1 amide bonds. The summed E-state index contributed by atoms with van der Waals surface area (Å²) in [6, 6.07) is 11.7. The third-order valence-corrected chi connectivity index (χ3v) is 4.84. The van der Waals surface area contributed by atoms with Crippen molar-refractivity contribution in [3.63, 3.8) is 0 Å². The lowest BCUT2D eigenvalue weighted by Gasteiger charge is -2.33. The Bertz CT molecular complexity index is 693. The normalized spacial score (nSPS) is 17.5. The molecule has 0 spiro atoms. The molecule has 1 N–H and O–H groups in total. The van der Waals surface area contributed by atoms with Crippen molar-refractivity contribution in [2.24, 2.45) is 0 Å². The van der Waals surface area contributed by atoms with Crippen molar-refractivity contribution in [1.29, 1.82) is 0 Å². The summed E-state index contributed by atoms with van der Waals surface area (Å²) in [4.78, 5) is 14.9. The van der Waals surface area contributed by atoms with Gasteiger partial charge in [-0.05, 0) is 69.6 Å². The van der Waals surface area contributed by atoms with Gasteiger partial charge in [0, 0.05) is 6.54 Å². The van der Waals surface area contributed by atoms with Crippen LogP contribution in [0.1, 0.15) is 43.6 Å². The van der Waals surface area contributed by atoms with Crippen molar-refractivity contribution in [2.75, 3.05) is 19.6 Å². The van der Waals surface area contributed by atoms with E-state index in [-0.39, 0.29) is 11.9 Å². The Morgan fingerprint density at radius 2 is 2.04 bits per heavy atom. The number of carbonyl (C=O) groups excluding carboxylic acids is 1. The summed E-state index contributed by atoms with van der Waals surface area (Å²) >= 11 is 0. The number of hydrogen-bond acceptors (Lipinski definition) is 4. The minimum atomic E-state index is -0.546. The second-order valence-corrected chi connectivity index (χ2v) is 6.95. The van der Waals surface area contributed by atoms with E-state index in [9.17, 15) is 4.79 Å². The van der Waals surface area contributed by atoms with E-state index in [1.165, 1.54) is 19.3 Å². The molecule has 2 atom stereocenters. The van der Waals surface area contributed by atoms with Gasteiger partial charge >= 0.3 is 0 Å². The Kier molecular flexibility index (Phi) is 6.34. The van der Waals surface area contributed by atoms with E-state index in [2.05, 4.69) is 10.2 Å². The van der Waals surface area contributed by atoms with Crippen LogP contribution in [0.2, 0.25) is 0 Å². The third-order valence-electron chi connectivity index (χ3n) is 4.84. The number of aryl methyl sites for hydroxylation is 1. The van der Waals surface area contributed by atoms with Crippen molar-refractivity contribution in [3.05, 3.63) is 54.0 Å². The monoisotopic (exact) mass is 356 g/mol. The van der Waals surface area contributed by atoms with Gasteiger partial charge in [-0.15, -0.1) is 0 Å². The molecule has 1 aromatic heterocycles. The highest BCUT2D eigenvalue weighted by atomic mass is 16.5. The third kappa shape index (κ3) is 4.88. The SMILES string of the molecule is Cc1cccc(OC(C)C(=O)NCC(c2ccco2)N2CCCCC2)c1. The molecule has 5 heteroatoms. The van der Waals surface area contributed by atoms with Crippen molar-refractivity contribution in [2.45, 2.75) is 45.3 Å². The van der Waals surface area contributed by atoms with Crippen molar-refractivity contribution in [1.82, 2.24) is 10.2 Å². The molecule has 3 rings (SSSR count). The van der Waals surface area contributed by atoms with Gasteiger partial charge in [-0.1, -0.05) is 18.6 Å². The molecule has 1 fully saturated rings. The molecular weight excluding hydrogens is 328 g/mol. The van der Waals surface area contributed by atoms with E-state index in [4.69, 9.17) is 9.15 Å². The first kappa shape index (κ1) is 18.5. The molecule has 5 nitrogen and oxygen atoms in total. The second kappa shape index (κ2) is 8.90. The summed E-state index contributed by atoms with van der Waals surface area (Å²) in [5, 5.41) is 3.04. The zero-order chi connectivity index (χ0) is 18.4. The zero-order valence-electron chi connectivity index (χ0n) is 15.6. The first-order valence-corrected chi connectivity index (χ1v) is 9.42. The van der Waals surface area contributed by atoms with Crippen LogP contribution in [0.4, 0.5) is 0 Å². The molecule has 0 bridgehead atoms. The van der Waals surface area contributed by atoms with E-state index >= 15 is 0 Å². The Hall–Kier alpha value is -2.27. The topological polar surface area (TPSA) is 54.7 Å². The predicted molar refractivity (Wildman–Crippen MR) is 101 cm³/mol. The van der Waals surface area contributed by atoms with Crippen LogP contribution < -0.4 is 10.1 Å². The van der Waals surface area contributed by atoms with Crippen LogP contribution in [0, 0.1) is 6.92 Å². The number of amides is 1. The van der Waals surface area contributed by atoms with Crippen LogP contribution >= 0.6 is 0 Å². The number of furan rings is 1. The highest BCUT2D eigenvalue weighted by molar-refractivity contribution is 5.80. The smallest absolute Gasteiger partial charge is 0.260 e. The fraction of sp³-hybridized carbons (Fsp3) is 0.476. The van der Waals surface area contributed by atoms with Crippen LogP contribution in [0.25, 0.3) is 0 Å². The summed E-state index contributed by atoms with van der Waals surface area (Å²) in [5.74, 6) is 1.51. The summed E-state index contributed by atoms with van der Waals surface area (Å²) in [5.41, 5.74) is 1.11. The minimum absolute atomic E-state index is 0.0698. The van der Waals surface area contributed by atoms with Crippen LogP contribution in [0.15, 0.2) is 47.1 Å². The average molecular weight is 356 g/mol. The number of nitrogens with one attached hydrogen (secondary N) is 1. The molecule has 0 radical (unpaired) electrons. The predicted octanol–water partition coefficient (Wildman–Crippen LogP) is 3.70. The van der Waals surface area contributed by atoms with E-state index in [1.807, 2.05) is 43.3 Å². The Balaban J connectivity index is 1.58. The van der Waals surface area contributed by atoms with E-state index < -0.39 is 6.10 Å². The Morgan fingerprint density at radius 1 is 1.23 bits per heavy atom. The number of nitrogens with zero attached hydrogens (tertiary/aromatic N) is 1. The largest absolute Gasteiger partial charge is 0.481 e. The average Bonchev–Trinajstić information content (AvgIpc) is 3.17. The maximum absolute atomic E-state index is 12.5. The maximum atomic E-state index is 12.5. The fourth-order valence-electron chi connectivity index (χ4n) is 3.41. The van der Waals surface area contributed by atoms with Gasteiger partial charge in [0.2, 0.25) is 0 Å². The summed E-state index contributed by atoms with van der Waals surface area (Å²) < 4.78 is 11.4. The molecule has 0 aliphatic carbocycles. The maximum Gasteiger partial charge on any atom is 0.260 e. The highest BCUT2D eigenvalue weighted by Crippen LogP contribution is 2.24. The van der Waals surface area contributed by atoms with Gasteiger partial charge in [0.05, 0.1) is 12.3 Å². The van der Waals surface area contributed by atoms with Crippen LogP contribution in [-0.2, 0) is 4.79 Å². The zero-order valence-corrected chi connectivity index (χ0v) is 15.6. The van der Waals surface area contributed by atoms with Crippen LogP contribution in [-0.4, -0.2) is 36.5 Å². The molecule has 1 aromatic carbocycles. The standard InChI is InChI=1S/C21H28N2O3/c1-16-8-6-9-18(14-16)26-17(2)21(24)22-15-19(20-10-7-13-25-20)23-11-4-3-5-12-23/h6-10,13-14,17,19H,3-5,11-12,15H2,1-2H3,(H,22,24). The van der Waals surface area contributed by atoms with Gasteiger partial charge < -0.3 is 14.5 Å². The first-order chi connectivity index (χ1) is 12.6. The molecule has 2 unspecified atom stereocenters. The molecule has 2 heterocycles. The number of hydrogen-bond donors (Lipinski definition) is 1. The van der Waals surface area contributed by atoms with Gasteiger partial charge in [0.15, 0.2) is 6.10 Å². The van der Waals surface area contributed by atoms with Gasteiger partial charge in [-0.25, -0.2) is 0 Å². The number of rotatable bonds is 7. The Morgan fingerprint density at radius 3 is 2.73 bits per heavy atom. The van der Waals surface area contributed by atoms with Gasteiger partial charge in [-0.3, -0.25) is 9.69 Å². The van der Waals surface area contributed by atoms with Crippen molar-refractivity contribution >= 4 is 5.91 Å². The molecule has 2 aromatic rings. The van der Waals surface area contributed by atoms with E-state index in [0.29, 0.717) is 12.3 Å². The second-order valence-electron chi connectivity index (χ2n) is 6.95. The molecule has 0 saturated carbocycles. The van der Waals surface area contributed by atoms with Crippen LogP contribution in [0.5, 0.6) is 5.75 Å². The number of likely N-dealkylation sites (tertiary alicyclic amines) is 1. The fourth-order valence-corrected chi connectivity index (χ4v) is 3.41.